The third-order valence-electron chi connectivity index (χ3n) is 5.40. The van der Waals surface area contributed by atoms with Gasteiger partial charge in [-0.25, -0.2) is 12.7 Å². The summed E-state index contributed by atoms with van der Waals surface area (Å²) in [6, 6.07) is 16.4. The zero-order chi connectivity index (χ0) is 23.6. The highest BCUT2D eigenvalue weighted by Crippen LogP contribution is 2.40. The minimum Gasteiger partial charge on any atom is -0.325 e. The van der Waals surface area contributed by atoms with Crippen LogP contribution in [0.1, 0.15) is 37.1 Å². The van der Waals surface area contributed by atoms with E-state index in [4.69, 9.17) is 0 Å². The first kappa shape index (κ1) is 23.5. The van der Waals surface area contributed by atoms with Crippen LogP contribution >= 0.6 is 11.8 Å². The number of hydrogen-bond acceptors (Lipinski definition) is 6. The normalized spacial score (nSPS) is 14.9. The van der Waals surface area contributed by atoms with Crippen LogP contribution in [0.25, 0.3) is 0 Å². The van der Waals surface area contributed by atoms with Crippen LogP contribution in [0.5, 0.6) is 0 Å². The molecule has 1 fully saturated rings. The van der Waals surface area contributed by atoms with Gasteiger partial charge in [-0.15, -0.1) is 10.2 Å². The standard InChI is InChI=1S/C23H27N5O3S2/c1-16(22(29)24-19-10-7-11-20(14-19)33(30,31)27(2)3)32-23-26-25-21(18-12-13-18)28(23)15-17-8-5-4-6-9-17/h4-11,14,16,18H,12-13,15H2,1-3H3,(H,24,29). The molecular weight excluding hydrogens is 458 g/mol. The van der Waals surface area contributed by atoms with Crippen molar-refractivity contribution in [2.45, 2.75) is 47.5 Å². The first-order valence-electron chi connectivity index (χ1n) is 10.7. The summed E-state index contributed by atoms with van der Waals surface area (Å²) in [5.41, 5.74) is 1.58. The second kappa shape index (κ2) is 9.66. The Labute approximate surface area is 198 Å². The van der Waals surface area contributed by atoms with E-state index in [1.807, 2.05) is 18.2 Å². The molecule has 0 aliphatic heterocycles. The second-order valence-corrected chi connectivity index (χ2v) is 11.7. The molecule has 1 N–H and O–H groups in total. The molecule has 174 valence electrons. The Balaban J connectivity index is 1.49. The summed E-state index contributed by atoms with van der Waals surface area (Å²) in [5, 5.41) is 11.9. The van der Waals surface area contributed by atoms with Gasteiger partial charge in [-0.3, -0.25) is 4.79 Å². The molecular formula is C23H27N5O3S2. The number of anilines is 1. The van der Waals surface area contributed by atoms with Crippen molar-refractivity contribution >= 4 is 33.4 Å². The van der Waals surface area contributed by atoms with Gasteiger partial charge < -0.3 is 9.88 Å². The molecule has 0 saturated heterocycles. The Morgan fingerprint density at radius 1 is 1.15 bits per heavy atom. The number of nitrogens with zero attached hydrogens (tertiary/aromatic N) is 4. The van der Waals surface area contributed by atoms with Crippen molar-refractivity contribution in [2.75, 3.05) is 19.4 Å². The lowest BCUT2D eigenvalue weighted by Crippen LogP contribution is -2.24. The minimum atomic E-state index is -3.58. The van der Waals surface area contributed by atoms with Gasteiger partial charge >= 0.3 is 0 Å². The molecule has 1 aromatic heterocycles. The monoisotopic (exact) mass is 485 g/mol. The van der Waals surface area contributed by atoms with E-state index in [0.29, 0.717) is 23.3 Å². The number of carbonyl (C=O) groups is 1. The van der Waals surface area contributed by atoms with Crippen molar-refractivity contribution in [2.24, 2.45) is 0 Å². The fourth-order valence-corrected chi connectivity index (χ4v) is 5.15. The maximum Gasteiger partial charge on any atom is 0.242 e. The van der Waals surface area contributed by atoms with Crippen LogP contribution in [0.15, 0.2) is 64.6 Å². The highest BCUT2D eigenvalue weighted by Gasteiger charge is 2.31. The van der Waals surface area contributed by atoms with E-state index in [2.05, 4.69) is 32.2 Å². The van der Waals surface area contributed by atoms with Gasteiger partial charge in [0.2, 0.25) is 15.9 Å². The quantitative estimate of drug-likeness (QED) is 0.466. The average Bonchev–Trinajstić information content (AvgIpc) is 3.57. The Bertz CT molecular complexity index is 1240. The SMILES string of the molecule is CC(Sc1nnc(C2CC2)n1Cc1ccccc1)C(=O)Nc1cccc(S(=O)(=O)N(C)C)c1. The maximum atomic E-state index is 12.9. The summed E-state index contributed by atoms with van der Waals surface area (Å²) >= 11 is 1.35. The highest BCUT2D eigenvalue weighted by atomic mass is 32.2. The lowest BCUT2D eigenvalue weighted by molar-refractivity contribution is -0.115. The van der Waals surface area contributed by atoms with E-state index in [1.54, 1.807) is 19.1 Å². The molecule has 33 heavy (non-hydrogen) atoms. The lowest BCUT2D eigenvalue weighted by atomic mass is 10.2. The van der Waals surface area contributed by atoms with Gasteiger partial charge in [0.1, 0.15) is 5.82 Å². The number of sulfonamides is 1. The number of carbonyl (C=O) groups excluding carboxylic acids is 1. The van der Waals surface area contributed by atoms with E-state index in [-0.39, 0.29) is 10.8 Å². The molecule has 1 aliphatic carbocycles. The van der Waals surface area contributed by atoms with Crippen molar-refractivity contribution in [1.29, 1.82) is 0 Å². The van der Waals surface area contributed by atoms with E-state index in [1.165, 1.54) is 38.0 Å². The minimum absolute atomic E-state index is 0.127. The van der Waals surface area contributed by atoms with Crippen molar-refractivity contribution < 1.29 is 13.2 Å². The fraction of sp³-hybridized carbons (Fsp3) is 0.348. The largest absolute Gasteiger partial charge is 0.325 e. The van der Waals surface area contributed by atoms with Crippen LogP contribution in [-0.4, -0.2) is 52.7 Å². The topological polar surface area (TPSA) is 97.2 Å². The summed E-state index contributed by atoms with van der Waals surface area (Å²) in [5.74, 6) is 1.17. The first-order valence-corrected chi connectivity index (χ1v) is 13.0. The van der Waals surface area contributed by atoms with Crippen LogP contribution in [-0.2, 0) is 21.4 Å². The molecule has 1 heterocycles. The fourth-order valence-electron chi connectivity index (χ4n) is 3.35. The third-order valence-corrected chi connectivity index (χ3v) is 8.29. The van der Waals surface area contributed by atoms with Crippen LogP contribution in [0, 0.1) is 0 Å². The van der Waals surface area contributed by atoms with Gasteiger partial charge in [0.15, 0.2) is 5.16 Å². The summed E-state index contributed by atoms with van der Waals surface area (Å²) in [4.78, 5) is 13.0. The van der Waals surface area contributed by atoms with Gasteiger partial charge in [0.25, 0.3) is 0 Å². The number of aromatic nitrogens is 3. The van der Waals surface area contributed by atoms with Crippen LogP contribution < -0.4 is 5.32 Å². The number of nitrogens with one attached hydrogen (secondary N) is 1. The predicted molar refractivity (Wildman–Crippen MR) is 129 cm³/mol. The number of rotatable bonds is 9. The third kappa shape index (κ3) is 5.45. The van der Waals surface area contributed by atoms with E-state index in [9.17, 15) is 13.2 Å². The van der Waals surface area contributed by atoms with Crippen molar-refractivity contribution in [1.82, 2.24) is 19.1 Å². The van der Waals surface area contributed by atoms with Gasteiger partial charge in [-0.1, -0.05) is 48.2 Å². The summed E-state index contributed by atoms with van der Waals surface area (Å²) < 4.78 is 28.0. The molecule has 4 rings (SSSR count). The lowest BCUT2D eigenvalue weighted by Gasteiger charge is -2.15. The van der Waals surface area contributed by atoms with Crippen molar-refractivity contribution in [3.8, 4) is 0 Å². The van der Waals surface area contributed by atoms with Gasteiger partial charge in [0, 0.05) is 25.7 Å². The van der Waals surface area contributed by atoms with Crippen molar-refractivity contribution in [3.63, 3.8) is 0 Å². The Morgan fingerprint density at radius 3 is 2.55 bits per heavy atom. The average molecular weight is 486 g/mol. The molecule has 2 aromatic carbocycles. The summed E-state index contributed by atoms with van der Waals surface area (Å²) in [7, 11) is -0.638. The van der Waals surface area contributed by atoms with Gasteiger partial charge in [-0.05, 0) is 43.5 Å². The van der Waals surface area contributed by atoms with Crippen molar-refractivity contribution in [3.05, 3.63) is 66.0 Å². The van der Waals surface area contributed by atoms with Crippen LogP contribution in [0.3, 0.4) is 0 Å². The van der Waals surface area contributed by atoms with E-state index >= 15 is 0 Å². The zero-order valence-corrected chi connectivity index (χ0v) is 20.4. The second-order valence-electron chi connectivity index (χ2n) is 8.25. The van der Waals surface area contributed by atoms with Crippen LogP contribution in [0.4, 0.5) is 5.69 Å². The molecule has 10 heteroatoms. The number of hydrogen-bond donors (Lipinski definition) is 1. The highest BCUT2D eigenvalue weighted by molar-refractivity contribution is 8.00. The number of amides is 1. The summed E-state index contributed by atoms with van der Waals surface area (Å²) in [6.45, 7) is 2.46. The van der Waals surface area contributed by atoms with Gasteiger partial charge in [0.05, 0.1) is 16.7 Å². The Kier molecular flexibility index (Phi) is 6.87. The molecule has 3 aromatic rings. The molecule has 0 bridgehead atoms. The molecule has 1 unspecified atom stereocenters. The number of thioether (sulfide) groups is 1. The van der Waals surface area contributed by atoms with Crippen LogP contribution in [0.2, 0.25) is 0 Å². The van der Waals surface area contributed by atoms with E-state index < -0.39 is 15.3 Å². The maximum absolute atomic E-state index is 12.9. The van der Waals surface area contributed by atoms with Gasteiger partial charge in [-0.2, -0.15) is 0 Å². The zero-order valence-electron chi connectivity index (χ0n) is 18.8. The van der Waals surface area contributed by atoms with E-state index in [0.717, 1.165) is 28.5 Å². The molecule has 1 amide bonds. The number of benzene rings is 2. The first-order chi connectivity index (χ1) is 15.8. The smallest absolute Gasteiger partial charge is 0.242 e. The predicted octanol–water partition coefficient (Wildman–Crippen LogP) is 3.57. The molecule has 0 spiro atoms. The summed E-state index contributed by atoms with van der Waals surface area (Å²) in [6.07, 6.45) is 2.22. The Morgan fingerprint density at radius 2 is 1.88 bits per heavy atom. The molecule has 8 nitrogen and oxygen atoms in total. The molecule has 1 aliphatic rings. The Hall–Kier alpha value is -2.69. The molecule has 1 saturated carbocycles. The molecule has 0 radical (unpaired) electrons. The molecule has 1 atom stereocenters.